The van der Waals surface area contributed by atoms with Crippen molar-refractivity contribution in [2.24, 2.45) is 5.41 Å². The third kappa shape index (κ3) is 4.59. The molecule has 1 aliphatic rings. The van der Waals surface area contributed by atoms with Gasteiger partial charge in [0.1, 0.15) is 0 Å². The molecule has 3 rings (SSSR count). The van der Waals surface area contributed by atoms with Crippen LogP contribution in [0.5, 0.6) is 0 Å². The molecule has 2 aromatic rings. The summed E-state index contributed by atoms with van der Waals surface area (Å²) >= 11 is -0.636. The molecule has 5 nitrogen and oxygen atoms in total. The Balaban J connectivity index is 1.89. The molecule has 2 heterocycles. The van der Waals surface area contributed by atoms with Gasteiger partial charge in [0.2, 0.25) is 0 Å². The number of aromatic nitrogens is 1. The number of amides is 1. The molecule has 0 saturated carbocycles. The first-order valence-electron chi connectivity index (χ1n) is 9.02. The molecule has 0 saturated heterocycles. The molecule has 1 N–H and O–H groups in total. The predicted molar refractivity (Wildman–Crippen MR) is 106 cm³/mol. The van der Waals surface area contributed by atoms with Crippen molar-refractivity contribution < 1.29 is 14.7 Å². The van der Waals surface area contributed by atoms with Crippen LogP contribution in [0.25, 0.3) is 0 Å². The van der Waals surface area contributed by atoms with E-state index >= 15 is 0 Å². The second-order valence-corrected chi connectivity index (χ2v) is 10.3. The standard InChI is InChI=1S/C21H24AsN2O3/c1-21(2,3)18-13-24(20(26)27)11-8-15-12-16(4-5-17(15)18)22-19(25)14-6-9-23-10-7-14/h4-7,9-10,12,18H,8,11,13H2,1-3H3,(H,26,27). The number of benzene rings is 1. The number of hydrogen-bond donors (Lipinski definition) is 1. The molecule has 1 aromatic heterocycles. The van der Waals surface area contributed by atoms with Crippen LogP contribution in [-0.4, -0.2) is 54.5 Å². The average molecular weight is 427 g/mol. The summed E-state index contributed by atoms with van der Waals surface area (Å²) in [6.45, 7) is 7.46. The Morgan fingerprint density at radius 3 is 2.52 bits per heavy atom. The summed E-state index contributed by atoms with van der Waals surface area (Å²) < 4.78 is 1.21. The van der Waals surface area contributed by atoms with Gasteiger partial charge in [-0.2, -0.15) is 0 Å². The number of pyridine rings is 1. The van der Waals surface area contributed by atoms with Crippen LogP contribution in [0.1, 0.15) is 48.2 Å². The molecule has 6 heteroatoms. The molecule has 1 aliphatic heterocycles. The molecular formula is C21H24AsN2O3. The molecule has 1 radical (unpaired) electrons. The molecule has 1 unspecified atom stereocenters. The van der Waals surface area contributed by atoms with Gasteiger partial charge >= 0.3 is 166 Å². The minimum absolute atomic E-state index is 0.0467. The molecular weight excluding hydrogens is 403 g/mol. The quantitative estimate of drug-likeness (QED) is 0.765. The number of hydrogen-bond acceptors (Lipinski definition) is 3. The van der Waals surface area contributed by atoms with Gasteiger partial charge in [0, 0.05) is 0 Å². The summed E-state index contributed by atoms with van der Waals surface area (Å²) in [5, 5.41) is 9.51. The summed E-state index contributed by atoms with van der Waals surface area (Å²) in [5.74, 6) is 0.132. The normalized spacial score (nSPS) is 17.6. The Kier molecular flexibility index (Phi) is 5.71. The van der Waals surface area contributed by atoms with Crippen molar-refractivity contribution in [1.82, 2.24) is 9.88 Å². The number of fused-ring (bicyclic) bond motifs is 1. The third-order valence-corrected chi connectivity index (χ3v) is 7.12. The second kappa shape index (κ2) is 7.85. The topological polar surface area (TPSA) is 70.5 Å². The van der Waals surface area contributed by atoms with Gasteiger partial charge in [-0.25, -0.2) is 0 Å². The average Bonchev–Trinajstić information content (AvgIpc) is 2.82. The molecule has 0 spiro atoms. The Hall–Kier alpha value is -2.13. The Morgan fingerprint density at radius 1 is 1.19 bits per heavy atom. The number of carboxylic acid groups (broad SMARTS) is 1. The second-order valence-electron chi connectivity index (χ2n) is 7.93. The van der Waals surface area contributed by atoms with E-state index < -0.39 is 21.8 Å². The van der Waals surface area contributed by atoms with Gasteiger partial charge in [-0.15, -0.1) is 0 Å². The molecule has 1 atom stereocenters. The molecule has 1 amide bonds. The number of carbonyl (C=O) groups is 2. The van der Waals surface area contributed by atoms with Crippen molar-refractivity contribution in [2.75, 3.05) is 13.1 Å². The van der Waals surface area contributed by atoms with E-state index in [0.29, 0.717) is 25.1 Å². The van der Waals surface area contributed by atoms with Crippen LogP contribution in [-0.2, 0) is 6.42 Å². The van der Waals surface area contributed by atoms with Crippen LogP contribution in [0.4, 0.5) is 4.79 Å². The molecule has 0 fully saturated rings. The van der Waals surface area contributed by atoms with Crippen molar-refractivity contribution in [3.63, 3.8) is 0 Å². The van der Waals surface area contributed by atoms with Gasteiger partial charge in [-0.05, 0) is 0 Å². The van der Waals surface area contributed by atoms with E-state index in [0.717, 1.165) is 4.35 Å². The van der Waals surface area contributed by atoms with Crippen LogP contribution in [0.2, 0.25) is 0 Å². The molecule has 1 aromatic carbocycles. The summed E-state index contributed by atoms with van der Waals surface area (Å²) in [6, 6.07) is 9.79. The van der Waals surface area contributed by atoms with Gasteiger partial charge in [0.25, 0.3) is 0 Å². The number of carbonyl (C=O) groups excluding carboxylic acids is 1. The summed E-state index contributed by atoms with van der Waals surface area (Å²) in [6.07, 6.45) is 3.10. The fraction of sp³-hybridized carbons (Fsp3) is 0.381. The van der Waals surface area contributed by atoms with Crippen LogP contribution >= 0.6 is 0 Å². The van der Waals surface area contributed by atoms with Gasteiger partial charge in [0.05, 0.1) is 0 Å². The van der Waals surface area contributed by atoms with Crippen molar-refractivity contribution in [3.8, 4) is 0 Å². The maximum atomic E-state index is 12.5. The van der Waals surface area contributed by atoms with Gasteiger partial charge < -0.3 is 0 Å². The van der Waals surface area contributed by atoms with E-state index in [4.69, 9.17) is 0 Å². The fourth-order valence-electron chi connectivity index (χ4n) is 3.47. The van der Waals surface area contributed by atoms with Gasteiger partial charge in [0.15, 0.2) is 0 Å². The zero-order chi connectivity index (χ0) is 19.6. The van der Waals surface area contributed by atoms with E-state index in [1.807, 2.05) is 6.07 Å². The first-order chi connectivity index (χ1) is 12.8. The van der Waals surface area contributed by atoms with E-state index in [-0.39, 0.29) is 15.9 Å². The van der Waals surface area contributed by atoms with E-state index in [1.54, 1.807) is 24.5 Å². The van der Waals surface area contributed by atoms with E-state index in [9.17, 15) is 14.7 Å². The number of nitrogens with zero attached hydrogens (tertiary/aromatic N) is 2. The molecule has 141 valence electrons. The SMILES string of the molecule is CC(C)(C)C1CN(C(=O)O)CCc2cc([As]C(=O)c3ccncc3)ccc21. The minimum atomic E-state index is -0.864. The van der Waals surface area contributed by atoms with Gasteiger partial charge in [-0.1, -0.05) is 0 Å². The monoisotopic (exact) mass is 427 g/mol. The third-order valence-electron chi connectivity index (χ3n) is 5.03. The van der Waals surface area contributed by atoms with Crippen LogP contribution in [0.15, 0.2) is 42.7 Å². The Labute approximate surface area is 166 Å². The molecule has 0 bridgehead atoms. The van der Waals surface area contributed by atoms with Crippen LogP contribution < -0.4 is 4.35 Å². The van der Waals surface area contributed by atoms with Crippen molar-refractivity contribution in [2.45, 2.75) is 33.1 Å². The van der Waals surface area contributed by atoms with Crippen molar-refractivity contribution in [1.29, 1.82) is 0 Å². The zero-order valence-corrected chi connectivity index (χ0v) is 17.7. The van der Waals surface area contributed by atoms with Crippen molar-refractivity contribution in [3.05, 3.63) is 59.4 Å². The Morgan fingerprint density at radius 2 is 1.89 bits per heavy atom. The van der Waals surface area contributed by atoms with Crippen LogP contribution in [0, 0.1) is 5.41 Å². The zero-order valence-electron chi connectivity index (χ0n) is 15.8. The summed E-state index contributed by atoms with van der Waals surface area (Å²) in [5.41, 5.74) is 3.04. The Bertz CT molecular complexity index is 846. The summed E-state index contributed by atoms with van der Waals surface area (Å²) in [7, 11) is 0. The predicted octanol–water partition coefficient (Wildman–Crippen LogP) is 2.92. The number of rotatable bonds is 3. The van der Waals surface area contributed by atoms with Gasteiger partial charge in [-0.3, -0.25) is 0 Å². The maximum absolute atomic E-state index is 12.5. The first kappa shape index (κ1) is 19.6. The van der Waals surface area contributed by atoms with E-state index in [2.05, 4.69) is 37.9 Å². The molecule has 27 heavy (non-hydrogen) atoms. The fourth-order valence-corrected chi connectivity index (χ4v) is 5.32. The van der Waals surface area contributed by atoms with Crippen molar-refractivity contribution >= 4 is 30.8 Å². The summed E-state index contributed by atoms with van der Waals surface area (Å²) in [4.78, 5) is 29.6. The van der Waals surface area contributed by atoms with E-state index in [1.165, 1.54) is 16.0 Å². The van der Waals surface area contributed by atoms with Crippen LogP contribution in [0.3, 0.4) is 0 Å². The molecule has 0 aliphatic carbocycles. The first-order valence-corrected chi connectivity index (χ1v) is 10.9.